The molecule has 0 radical (unpaired) electrons. The van der Waals surface area contributed by atoms with Gasteiger partial charge in [-0.15, -0.1) is 0 Å². The topological polar surface area (TPSA) is 98.2 Å². The molecule has 2 aliphatic rings. The Labute approximate surface area is 190 Å². The average molecular weight is 444 g/mol. The van der Waals surface area contributed by atoms with Crippen LogP contribution in [0.25, 0.3) is 33.5 Å². The molecule has 1 fully saturated rings. The van der Waals surface area contributed by atoms with Crippen molar-refractivity contribution in [2.75, 3.05) is 20.8 Å². The van der Waals surface area contributed by atoms with Gasteiger partial charge >= 0.3 is 6.09 Å². The van der Waals surface area contributed by atoms with Crippen molar-refractivity contribution in [3.63, 3.8) is 0 Å². The third kappa shape index (κ3) is 3.06. The Hall–Kier alpha value is -3.88. The SMILES string of the molecule is COC(=O)N1CCC1n1cc(-c2n[nH]c3cc(OC)c(-c4cccc5c4CCC5)nc23)cn1. The summed E-state index contributed by atoms with van der Waals surface area (Å²) in [6.45, 7) is 0.657. The standard InChI is InChI=1S/C24H24N6O3/c1-32-19-11-18-23(26-22(19)17-8-4-6-14-5-3-7-16(14)17)21(28-27-18)15-12-25-30(13-15)20-9-10-29(20)24(31)33-2/h4,6,8,11-13,20H,3,5,7,9-10H2,1-2H3,(H,27,28). The fourth-order valence-corrected chi connectivity index (χ4v) is 4.92. The highest BCUT2D eigenvalue weighted by Crippen LogP contribution is 2.39. The van der Waals surface area contributed by atoms with E-state index in [1.165, 1.54) is 18.2 Å². The van der Waals surface area contributed by atoms with Crippen LogP contribution in [0.4, 0.5) is 4.79 Å². The van der Waals surface area contributed by atoms with Crippen molar-refractivity contribution in [3.05, 3.63) is 47.8 Å². The highest BCUT2D eigenvalue weighted by atomic mass is 16.5. The zero-order valence-corrected chi connectivity index (χ0v) is 18.5. The van der Waals surface area contributed by atoms with E-state index in [4.69, 9.17) is 14.5 Å². The van der Waals surface area contributed by atoms with Gasteiger partial charge in [0.15, 0.2) is 0 Å². The molecule has 9 nitrogen and oxygen atoms in total. The van der Waals surface area contributed by atoms with Crippen LogP contribution in [0.3, 0.4) is 0 Å². The summed E-state index contributed by atoms with van der Waals surface area (Å²) in [6, 6.07) is 8.37. The lowest BCUT2D eigenvalue weighted by atomic mass is 9.99. The number of amides is 1. The van der Waals surface area contributed by atoms with Gasteiger partial charge in [-0.1, -0.05) is 18.2 Å². The molecule has 6 rings (SSSR count). The number of nitrogens with one attached hydrogen (secondary N) is 1. The number of rotatable bonds is 4. The maximum Gasteiger partial charge on any atom is 0.411 e. The van der Waals surface area contributed by atoms with Crippen LogP contribution in [0.15, 0.2) is 36.7 Å². The van der Waals surface area contributed by atoms with E-state index in [2.05, 4.69) is 33.5 Å². The Bertz CT molecular complexity index is 1370. The van der Waals surface area contributed by atoms with Gasteiger partial charge in [0.05, 0.1) is 25.9 Å². The van der Waals surface area contributed by atoms with Crippen molar-refractivity contribution >= 4 is 17.1 Å². The van der Waals surface area contributed by atoms with Gasteiger partial charge < -0.3 is 9.47 Å². The van der Waals surface area contributed by atoms with E-state index in [9.17, 15) is 4.79 Å². The number of H-pyrrole nitrogens is 1. The van der Waals surface area contributed by atoms with Crippen molar-refractivity contribution < 1.29 is 14.3 Å². The number of hydrogen-bond acceptors (Lipinski definition) is 6. The van der Waals surface area contributed by atoms with Crippen LogP contribution < -0.4 is 4.74 Å². The fraction of sp³-hybridized carbons (Fsp3) is 0.333. The van der Waals surface area contributed by atoms with Crippen LogP contribution in [0.1, 0.15) is 30.1 Å². The van der Waals surface area contributed by atoms with Gasteiger partial charge in [0.2, 0.25) is 0 Å². The number of likely N-dealkylation sites (tertiary alicyclic amines) is 1. The fourth-order valence-electron chi connectivity index (χ4n) is 4.92. The molecule has 1 N–H and O–H groups in total. The zero-order valence-electron chi connectivity index (χ0n) is 18.5. The number of carbonyl (C=O) groups excluding carboxylic acids is 1. The number of benzene rings is 1. The smallest absolute Gasteiger partial charge is 0.411 e. The summed E-state index contributed by atoms with van der Waals surface area (Å²) < 4.78 is 12.3. The summed E-state index contributed by atoms with van der Waals surface area (Å²) in [4.78, 5) is 18.6. The number of hydrogen-bond donors (Lipinski definition) is 1. The Morgan fingerprint density at radius 3 is 2.91 bits per heavy atom. The molecule has 4 aromatic rings. The van der Waals surface area contributed by atoms with Gasteiger partial charge in [-0.25, -0.2) is 14.5 Å². The number of pyridine rings is 1. The van der Waals surface area contributed by atoms with Crippen LogP contribution in [0.5, 0.6) is 5.75 Å². The minimum absolute atomic E-state index is 0.146. The number of methoxy groups -OCH3 is 2. The Balaban J connectivity index is 1.42. The first-order valence-corrected chi connectivity index (χ1v) is 11.1. The lowest BCUT2D eigenvalue weighted by Crippen LogP contribution is -2.48. The van der Waals surface area contributed by atoms with E-state index < -0.39 is 0 Å². The van der Waals surface area contributed by atoms with Crippen molar-refractivity contribution in [2.24, 2.45) is 0 Å². The molecule has 0 bridgehead atoms. The molecular formula is C24H24N6O3. The van der Waals surface area contributed by atoms with E-state index in [-0.39, 0.29) is 12.3 Å². The molecular weight excluding hydrogens is 420 g/mol. The first-order valence-electron chi connectivity index (χ1n) is 11.1. The number of aromatic nitrogens is 5. The second kappa shape index (κ2) is 7.61. The third-order valence-electron chi connectivity index (χ3n) is 6.70. The molecule has 0 spiro atoms. The summed E-state index contributed by atoms with van der Waals surface area (Å²) in [5.41, 5.74) is 7.81. The van der Waals surface area contributed by atoms with E-state index in [1.807, 2.05) is 12.3 Å². The molecule has 33 heavy (non-hydrogen) atoms. The van der Waals surface area contributed by atoms with Crippen LogP contribution in [-0.4, -0.2) is 56.7 Å². The van der Waals surface area contributed by atoms with Crippen molar-refractivity contribution in [1.82, 2.24) is 29.9 Å². The van der Waals surface area contributed by atoms with Crippen molar-refractivity contribution in [1.29, 1.82) is 0 Å². The van der Waals surface area contributed by atoms with Gasteiger partial charge in [-0.05, 0) is 30.4 Å². The molecule has 168 valence electrons. The van der Waals surface area contributed by atoms with Crippen LogP contribution in [-0.2, 0) is 17.6 Å². The maximum atomic E-state index is 11.9. The molecule has 4 heterocycles. The molecule has 1 amide bonds. The lowest BCUT2D eigenvalue weighted by Gasteiger charge is -2.39. The molecule has 9 heteroatoms. The Kier molecular flexibility index (Phi) is 4.56. The predicted octanol–water partition coefficient (Wildman–Crippen LogP) is 3.96. The quantitative estimate of drug-likeness (QED) is 0.512. The van der Waals surface area contributed by atoms with Crippen LogP contribution in [0, 0.1) is 0 Å². The molecule has 1 aromatic carbocycles. The van der Waals surface area contributed by atoms with Crippen molar-refractivity contribution in [2.45, 2.75) is 31.8 Å². The Morgan fingerprint density at radius 2 is 2.12 bits per heavy atom. The monoisotopic (exact) mass is 444 g/mol. The minimum atomic E-state index is -0.345. The molecule has 1 unspecified atom stereocenters. The van der Waals surface area contributed by atoms with Gasteiger partial charge in [0.25, 0.3) is 0 Å². The summed E-state index contributed by atoms with van der Waals surface area (Å²) in [7, 11) is 3.06. The van der Waals surface area contributed by atoms with Gasteiger partial charge in [0, 0.05) is 36.4 Å². The lowest BCUT2D eigenvalue weighted by molar-refractivity contribution is 0.0230. The zero-order chi connectivity index (χ0) is 22.5. The Morgan fingerprint density at radius 1 is 1.21 bits per heavy atom. The molecule has 1 atom stereocenters. The van der Waals surface area contributed by atoms with E-state index in [0.717, 1.165) is 65.0 Å². The molecule has 0 saturated carbocycles. The predicted molar refractivity (Wildman–Crippen MR) is 122 cm³/mol. The van der Waals surface area contributed by atoms with Crippen LogP contribution in [0.2, 0.25) is 0 Å². The second-order valence-corrected chi connectivity index (χ2v) is 8.45. The molecule has 1 saturated heterocycles. The molecule has 1 aliphatic heterocycles. The molecule has 1 aliphatic carbocycles. The largest absolute Gasteiger partial charge is 0.494 e. The summed E-state index contributed by atoms with van der Waals surface area (Å²) in [5, 5.41) is 12.1. The van der Waals surface area contributed by atoms with E-state index in [0.29, 0.717) is 6.54 Å². The van der Waals surface area contributed by atoms with Crippen molar-refractivity contribution in [3.8, 4) is 28.3 Å². The highest BCUT2D eigenvalue weighted by Gasteiger charge is 2.35. The summed E-state index contributed by atoms with van der Waals surface area (Å²) in [5.74, 6) is 0.719. The second-order valence-electron chi connectivity index (χ2n) is 8.45. The highest BCUT2D eigenvalue weighted by molar-refractivity contribution is 5.92. The number of aryl methyl sites for hydroxylation is 1. The first-order chi connectivity index (χ1) is 16.2. The van der Waals surface area contributed by atoms with E-state index in [1.54, 1.807) is 22.9 Å². The van der Waals surface area contributed by atoms with Gasteiger partial charge in [-0.2, -0.15) is 10.2 Å². The number of nitrogens with zero attached hydrogens (tertiary/aromatic N) is 5. The number of carbonyl (C=O) groups is 1. The van der Waals surface area contributed by atoms with Crippen LogP contribution >= 0.6 is 0 Å². The maximum absolute atomic E-state index is 11.9. The number of fused-ring (bicyclic) bond motifs is 2. The average Bonchev–Trinajstić information content (AvgIpc) is 3.56. The summed E-state index contributed by atoms with van der Waals surface area (Å²) >= 11 is 0. The van der Waals surface area contributed by atoms with Gasteiger partial charge in [0.1, 0.15) is 28.8 Å². The first kappa shape index (κ1) is 19.8. The summed E-state index contributed by atoms with van der Waals surface area (Å²) in [6.07, 6.45) is 7.32. The van der Waals surface area contributed by atoms with Gasteiger partial charge in [-0.3, -0.25) is 10.00 Å². The molecule has 3 aromatic heterocycles. The van der Waals surface area contributed by atoms with E-state index >= 15 is 0 Å². The number of ether oxygens (including phenoxy) is 2. The third-order valence-corrected chi connectivity index (χ3v) is 6.70. The minimum Gasteiger partial charge on any atom is -0.494 e. The normalized spacial score (nSPS) is 17.2. The number of aromatic amines is 1.